The van der Waals surface area contributed by atoms with Crippen molar-refractivity contribution in [2.24, 2.45) is 5.92 Å². The molecule has 1 saturated heterocycles. The van der Waals surface area contributed by atoms with E-state index in [0.717, 1.165) is 37.6 Å². The fourth-order valence-corrected chi connectivity index (χ4v) is 3.71. The molecule has 4 rings (SSSR count). The Labute approximate surface area is 153 Å². The lowest BCUT2D eigenvalue weighted by Crippen LogP contribution is -2.44. The van der Waals surface area contributed by atoms with Crippen LogP contribution < -0.4 is 10.1 Å². The van der Waals surface area contributed by atoms with Gasteiger partial charge in [0.15, 0.2) is 0 Å². The number of fused-ring (bicyclic) bond motifs is 3. The number of nitrogens with zero attached hydrogens (tertiary/aromatic N) is 1. The second kappa shape index (κ2) is 7.47. The van der Waals surface area contributed by atoms with Gasteiger partial charge in [0.1, 0.15) is 5.75 Å². The number of piperazine rings is 1. The quantitative estimate of drug-likeness (QED) is 0.874. The maximum absolute atomic E-state index is 12.5. The highest BCUT2D eigenvalue weighted by atomic mass is 35.5. The number of nitrogens with one attached hydrogen (secondary N) is 1. The number of halogens is 3. The summed E-state index contributed by atoms with van der Waals surface area (Å²) in [5.74, 6) is 1.55. The minimum atomic E-state index is 0. The van der Waals surface area contributed by atoms with Gasteiger partial charge < -0.3 is 15.0 Å². The Hall–Kier alpha value is -0.680. The highest BCUT2D eigenvalue weighted by molar-refractivity contribution is 6.34. The van der Waals surface area contributed by atoms with Crippen LogP contribution in [0.4, 0.5) is 0 Å². The van der Waals surface area contributed by atoms with Crippen molar-refractivity contribution in [1.29, 1.82) is 0 Å². The van der Waals surface area contributed by atoms with E-state index in [9.17, 15) is 4.79 Å². The molecule has 1 saturated carbocycles. The van der Waals surface area contributed by atoms with Gasteiger partial charge in [0, 0.05) is 19.6 Å². The lowest BCUT2D eigenvalue weighted by Gasteiger charge is -2.30. The van der Waals surface area contributed by atoms with Gasteiger partial charge in [-0.1, -0.05) is 18.0 Å². The summed E-state index contributed by atoms with van der Waals surface area (Å²) in [7, 11) is 0. The third-order valence-electron chi connectivity index (χ3n) is 4.88. The Bertz CT molecular complexity index is 593. The summed E-state index contributed by atoms with van der Waals surface area (Å²) in [4.78, 5) is 14.4. The van der Waals surface area contributed by atoms with Crippen LogP contribution in [0.25, 0.3) is 0 Å². The topological polar surface area (TPSA) is 41.6 Å². The standard InChI is InChI=1S/C16H19ClN2O2.2ClH/c17-13-7-11(21-9-10-2-1-3-10)6-12-14-8-18-4-5-19(14)16(20)15(12)13;;/h6-7,10,14,18H,1-5,8-9H2;2*1H/t14-;;/m0../s1. The van der Waals surface area contributed by atoms with E-state index in [1.807, 2.05) is 11.0 Å². The molecule has 0 radical (unpaired) electrons. The van der Waals surface area contributed by atoms with Gasteiger partial charge in [-0.2, -0.15) is 0 Å². The van der Waals surface area contributed by atoms with E-state index < -0.39 is 0 Å². The van der Waals surface area contributed by atoms with Crippen LogP contribution in [0, 0.1) is 5.92 Å². The molecule has 2 fully saturated rings. The first kappa shape index (κ1) is 18.7. The molecule has 1 amide bonds. The first-order valence-electron chi connectivity index (χ1n) is 7.72. The molecule has 2 aliphatic heterocycles. The summed E-state index contributed by atoms with van der Waals surface area (Å²) >= 11 is 6.35. The Balaban J connectivity index is 0.000000960. The SMILES string of the molecule is Cl.Cl.O=C1c2c(Cl)cc(OCC3CCC3)cc2[C@@H]2CNCCN12. The average molecular weight is 380 g/mol. The number of carbonyl (C=O) groups is 1. The van der Waals surface area contributed by atoms with Crippen molar-refractivity contribution in [3.8, 4) is 5.75 Å². The van der Waals surface area contributed by atoms with Crippen molar-refractivity contribution in [2.75, 3.05) is 26.2 Å². The van der Waals surface area contributed by atoms with Crippen molar-refractivity contribution in [2.45, 2.75) is 25.3 Å². The van der Waals surface area contributed by atoms with Crippen LogP contribution in [-0.4, -0.2) is 37.0 Å². The fraction of sp³-hybridized carbons (Fsp3) is 0.562. The molecule has 1 aromatic rings. The highest BCUT2D eigenvalue weighted by Gasteiger charge is 2.40. The predicted molar refractivity (Wildman–Crippen MR) is 95.4 cm³/mol. The third kappa shape index (κ3) is 3.27. The van der Waals surface area contributed by atoms with Crippen LogP contribution in [0.5, 0.6) is 5.75 Å². The maximum atomic E-state index is 12.5. The van der Waals surface area contributed by atoms with Gasteiger partial charge in [-0.15, -0.1) is 24.8 Å². The second-order valence-corrected chi connectivity index (χ2v) is 6.60. The van der Waals surface area contributed by atoms with Crippen LogP contribution in [-0.2, 0) is 0 Å². The van der Waals surface area contributed by atoms with Gasteiger partial charge >= 0.3 is 0 Å². The summed E-state index contributed by atoms with van der Waals surface area (Å²) in [6, 6.07) is 3.91. The van der Waals surface area contributed by atoms with Crippen molar-refractivity contribution in [3.63, 3.8) is 0 Å². The number of rotatable bonds is 3. The number of hydrogen-bond acceptors (Lipinski definition) is 3. The van der Waals surface area contributed by atoms with Crippen molar-refractivity contribution >= 4 is 42.3 Å². The molecule has 2 heterocycles. The van der Waals surface area contributed by atoms with E-state index >= 15 is 0 Å². The molecule has 0 bridgehead atoms. The van der Waals surface area contributed by atoms with Gasteiger partial charge in [-0.25, -0.2) is 0 Å². The Morgan fingerprint density at radius 1 is 1.30 bits per heavy atom. The van der Waals surface area contributed by atoms with E-state index in [2.05, 4.69) is 5.32 Å². The first-order valence-corrected chi connectivity index (χ1v) is 8.10. The van der Waals surface area contributed by atoms with Crippen molar-refractivity contribution in [3.05, 3.63) is 28.3 Å². The number of benzene rings is 1. The molecule has 1 aliphatic carbocycles. The van der Waals surface area contributed by atoms with Gasteiger partial charge in [0.05, 0.1) is 23.2 Å². The Kier molecular flexibility index (Phi) is 6.06. The highest BCUT2D eigenvalue weighted by Crippen LogP contribution is 2.40. The average Bonchev–Trinajstić information content (AvgIpc) is 2.72. The van der Waals surface area contributed by atoms with E-state index in [-0.39, 0.29) is 36.8 Å². The molecule has 128 valence electrons. The molecule has 7 heteroatoms. The number of amides is 1. The Morgan fingerprint density at radius 3 is 2.78 bits per heavy atom. The molecule has 23 heavy (non-hydrogen) atoms. The normalized spacial score (nSPS) is 22.4. The summed E-state index contributed by atoms with van der Waals surface area (Å²) in [5, 5.41) is 3.87. The lowest BCUT2D eigenvalue weighted by molar-refractivity contribution is 0.0691. The lowest BCUT2D eigenvalue weighted by atomic mass is 9.86. The largest absolute Gasteiger partial charge is 0.493 e. The molecular formula is C16H21Cl3N2O2. The number of carbonyl (C=O) groups excluding carboxylic acids is 1. The molecule has 0 unspecified atom stereocenters. The first-order chi connectivity index (χ1) is 10.2. The Morgan fingerprint density at radius 2 is 2.09 bits per heavy atom. The van der Waals surface area contributed by atoms with Crippen molar-refractivity contribution < 1.29 is 9.53 Å². The van der Waals surface area contributed by atoms with Gasteiger partial charge in [0.25, 0.3) is 5.91 Å². The van der Waals surface area contributed by atoms with E-state index in [4.69, 9.17) is 16.3 Å². The zero-order chi connectivity index (χ0) is 14.4. The molecular weight excluding hydrogens is 359 g/mol. The van der Waals surface area contributed by atoms with Crippen LogP contribution >= 0.6 is 36.4 Å². The molecule has 4 nitrogen and oxygen atoms in total. The molecule has 1 aromatic carbocycles. The second-order valence-electron chi connectivity index (χ2n) is 6.20. The fourth-order valence-electron chi connectivity index (χ4n) is 3.42. The van der Waals surface area contributed by atoms with Gasteiger partial charge in [-0.05, 0) is 36.5 Å². The third-order valence-corrected chi connectivity index (χ3v) is 5.18. The smallest absolute Gasteiger partial charge is 0.256 e. The summed E-state index contributed by atoms with van der Waals surface area (Å²) in [5.41, 5.74) is 1.68. The van der Waals surface area contributed by atoms with Crippen molar-refractivity contribution in [1.82, 2.24) is 10.2 Å². The maximum Gasteiger partial charge on any atom is 0.256 e. The zero-order valence-corrected chi connectivity index (χ0v) is 15.1. The van der Waals surface area contributed by atoms with Gasteiger partial charge in [-0.3, -0.25) is 4.79 Å². The van der Waals surface area contributed by atoms with E-state index in [1.165, 1.54) is 19.3 Å². The van der Waals surface area contributed by atoms with Crippen LogP contribution in [0.15, 0.2) is 12.1 Å². The molecule has 0 aromatic heterocycles. The summed E-state index contributed by atoms with van der Waals surface area (Å²) < 4.78 is 5.90. The number of ether oxygens (including phenoxy) is 1. The molecule has 1 N–H and O–H groups in total. The minimum absolute atomic E-state index is 0. The van der Waals surface area contributed by atoms with E-state index in [1.54, 1.807) is 6.07 Å². The summed E-state index contributed by atoms with van der Waals surface area (Å²) in [6.45, 7) is 3.14. The van der Waals surface area contributed by atoms with Crippen LogP contribution in [0.3, 0.4) is 0 Å². The summed E-state index contributed by atoms with van der Waals surface area (Å²) in [6.07, 6.45) is 3.84. The minimum Gasteiger partial charge on any atom is -0.493 e. The zero-order valence-electron chi connectivity index (χ0n) is 12.7. The van der Waals surface area contributed by atoms with Crippen LogP contribution in [0.1, 0.15) is 41.2 Å². The van der Waals surface area contributed by atoms with Gasteiger partial charge in [0.2, 0.25) is 0 Å². The monoisotopic (exact) mass is 378 g/mol. The predicted octanol–water partition coefficient (Wildman–Crippen LogP) is 3.46. The molecule has 3 aliphatic rings. The molecule has 0 spiro atoms. The van der Waals surface area contributed by atoms with Crippen LogP contribution in [0.2, 0.25) is 5.02 Å². The number of hydrogen-bond donors (Lipinski definition) is 1. The van der Waals surface area contributed by atoms with E-state index in [0.29, 0.717) is 16.5 Å². The molecule has 1 atom stereocenters.